The van der Waals surface area contributed by atoms with Crippen molar-refractivity contribution in [1.82, 2.24) is 0 Å². The van der Waals surface area contributed by atoms with E-state index in [1.54, 1.807) is 0 Å². The van der Waals surface area contributed by atoms with Crippen LogP contribution in [0.2, 0.25) is 0 Å². The Morgan fingerprint density at radius 3 is 2.08 bits per heavy atom. The summed E-state index contributed by atoms with van der Waals surface area (Å²) < 4.78 is 0. The van der Waals surface area contributed by atoms with Crippen molar-refractivity contribution in [2.75, 3.05) is 10.2 Å². The fourth-order valence-electron chi connectivity index (χ4n) is 10.6. The molecule has 2 heterocycles. The molecule has 11 rings (SSSR count). The van der Waals surface area contributed by atoms with Crippen LogP contribution in [0, 0.1) is 6.92 Å². The molecule has 0 saturated heterocycles. The van der Waals surface area contributed by atoms with E-state index in [1.807, 2.05) is 0 Å². The van der Waals surface area contributed by atoms with Crippen molar-refractivity contribution >= 4 is 46.5 Å². The number of para-hydroxylation sites is 2. The first-order valence-corrected chi connectivity index (χ1v) is 21.5. The third-order valence-electron chi connectivity index (χ3n) is 13.3. The summed E-state index contributed by atoms with van der Waals surface area (Å²) >= 11 is 0. The van der Waals surface area contributed by atoms with Gasteiger partial charge in [-0.15, -0.1) is 0 Å². The molecular formula is C56H47BN2. The van der Waals surface area contributed by atoms with Gasteiger partial charge in [-0.25, -0.2) is 0 Å². The van der Waals surface area contributed by atoms with Gasteiger partial charge in [-0.1, -0.05) is 169 Å². The Labute approximate surface area is 349 Å². The van der Waals surface area contributed by atoms with Crippen molar-refractivity contribution in [2.24, 2.45) is 0 Å². The highest BCUT2D eigenvalue weighted by atomic mass is 15.2. The van der Waals surface area contributed by atoms with Gasteiger partial charge >= 0.3 is 0 Å². The molecule has 2 aliphatic carbocycles. The van der Waals surface area contributed by atoms with Gasteiger partial charge in [0.15, 0.2) is 7.28 Å². The summed E-state index contributed by atoms with van der Waals surface area (Å²) in [6.45, 7) is 2.28. The Morgan fingerprint density at radius 1 is 0.576 bits per heavy atom. The maximum absolute atomic E-state index is 4.08. The summed E-state index contributed by atoms with van der Waals surface area (Å²) in [7, 11) is 0.852. The van der Waals surface area contributed by atoms with Crippen LogP contribution in [0.1, 0.15) is 66.3 Å². The molecule has 7 aromatic carbocycles. The molecule has 3 heteroatoms. The molecule has 0 amide bonds. The maximum Gasteiger partial charge on any atom is 0.198 e. The first-order valence-electron chi connectivity index (χ1n) is 21.5. The molecule has 1 atom stereocenters. The SMILES string of the molecule is Cc1cc(-c2cccc3c2Nc2ccccc2C3(C2=CCCCC2)c2ccccc2)c2c(c1)N(C1=CC=C(c3ccccc3)CC1)c1ccc(-c3ccccc3)cc1B2. The van der Waals surface area contributed by atoms with Crippen LogP contribution in [0.3, 0.4) is 0 Å². The van der Waals surface area contributed by atoms with Crippen LogP contribution in [-0.2, 0) is 5.41 Å². The van der Waals surface area contributed by atoms with Crippen LogP contribution in [0.5, 0.6) is 0 Å². The van der Waals surface area contributed by atoms with Crippen LogP contribution in [-0.4, -0.2) is 7.28 Å². The average Bonchev–Trinajstić information content (AvgIpc) is 3.31. The molecule has 0 spiro atoms. The van der Waals surface area contributed by atoms with Gasteiger partial charge in [-0.2, -0.15) is 0 Å². The number of anilines is 4. The second-order valence-corrected chi connectivity index (χ2v) is 16.7. The Morgan fingerprint density at radius 2 is 1.32 bits per heavy atom. The largest absolute Gasteiger partial charge is 0.354 e. The Balaban J connectivity index is 1.14. The lowest BCUT2D eigenvalue weighted by molar-refractivity contribution is 0.603. The quantitative estimate of drug-likeness (QED) is 0.134. The highest BCUT2D eigenvalue weighted by Crippen LogP contribution is 2.57. The molecule has 0 aromatic heterocycles. The van der Waals surface area contributed by atoms with E-state index in [2.05, 4.69) is 199 Å². The molecule has 1 N–H and O–H groups in total. The molecule has 1 unspecified atom stereocenters. The summed E-state index contributed by atoms with van der Waals surface area (Å²) in [5.74, 6) is 0. The van der Waals surface area contributed by atoms with Gasteiger partial charge in [0.05, 0.1) is 11.1 Å². The Hall–Kier alpha value is -6.58. The van der Waals surface area contributed by atoms with Crippen molar-refractivity contribution in [3.63, 3.8) is 0 Å². The second-order valence-electron chi connectivity index (χ2n) is 16.7. The van der Waals surface area contributed by atoms with E-state index >= 15 is 0 Å². The topological polar surface area (TPSA) is 15.3 Å². The van der Waals surface area contributed by atoms with Gasteiger partial charge < -0.3 is 10.2 Å². The zero-order chi connectivity index (χ0) is 39.3. The molecule has 7 aromatic rings. The normalized spacial score (nSPS) is 17.8. The molecule has 4 aliphatic rings. The second kappa shape index (κ2) is 14.7. The number of aryl methyl sites for hydroxylation is 1. The number of fused-ring (bicyclic) bond motifs is 4. The van der Waals surface area contributed by atoms with Crippen molar-refractivity contribution in [3.05, 3.63) is 221 Å². The van der Waals surface area contributed by atoms with Gasteiger partial charge in [-0.3, -0.25) is 0 Å². The first kappa shape index (κ1) is 35.6. The van der Waals surface area contributed by atoms with E-state index in [0.717, 1.165) is 33.0 Å². The van der Waals surface area contributed by atoms with E-state index < -0.39 is 5.41 Å². The van der Waals surface area contributed by atoms with Crippen LogP contribution in [0.4, 0.5) is 22.7 Å². The standard InChI is InChI=1S/C56H47BN2/c1-38-35-47(46-25-16-27-49-55(46)58-51-28-15-14-26-48(51)56(49,43-21-10-4-11-22-43)44-23-12-5-13-24-44)54-53(36-38)59(45-32-29-41(30-33-45)39-17-6-2-7-18-39)52-34-31-42(37-50(52)57-54)40-19-8-3-9-20-40/h2-4,6-11,14-23,25-29,31-32,34-37,57-58H,5,12-13,24,30,33H2,1H3. The number of hydrogen-bond acceptors (Lipinski definition) is 2. The van der Waals surface area contributed by atoms with Crippen molar-refractivity contribution in [2.45, 2.75) is 50.9 Å². The lowest BCUT2D eigenvalue weighted by Crippen LogP contribution is -2.43. The van der Waals surface area contributed by atoms with Crippen molar-refractivity contribution < 1.29 is 0 Å². The Kier molecular flexibility index (Phi) is 8.84. The van der Waals surface area contributed by atoms with Crippen LogP contribution >= 0.6 is 0 Å². The molecule has 2 nitrogen and oxygen atoms in total. The third kappa shape index (κ3) is 5.94. The maximum atomic E-state index is 4.08. The zero-order valence-corrected chi connectivity index (χ0v) is 33.7. The van der Waals surface area contributed by atoms with Crippen molar-refractivity contribution in [3.8, 4) is 22.3 Å². The summed E-state index contributed by atoms with van der Waals surface area (Å²) in [5.41, 5.74) is 23.3. The van der Waals surface area contributed by atoms with Crippen LogP contribution in [0.25, 0.3) is 27.8 Å². The highest BCUT2D eigenvalue weighted by Gasteiger charge is 2.46. The minimum absolute atomic E-state index is 0.391. The lowest BCUT2D eigenvalue weighted by atomic mass is 9.57. The number of allylic oxidation sites excluding steroid dienone is 6. The van der Waals surface area contributed by atoms with Gasteiger partial charge in [0.2, 0.25) is 0 Å². The molecule has 0 radical (unpaired) electrons. The first-order chi connectivity index (χ1) is 29.2. The number of nitrogens with zero attached hydrogens (tertiary/aromatic N) is 1. The number of hydrogen-bond donors (Lipinski definition) is 1. The number of rotatable bonds is 6. The fourth-order valence-corrected chi connectivity index (χ4v) is 10.6. The van der Waals surface area contributed by atoms with Crippen molar-refractivity contribution in [1.29, 1.82) is 0 Å². The fraction of sp³-hybridized carbons (Fsp3) is 0.143. The van der Waals surface area contributed by atoms with Gasteiger partial charge in [-0.05, 0) is 125 Å². The van der Waals surface area contributed by atoms with E-state index in [-0.39, 0.29) is 0 Å². The van der Waals surface area contributed by atoms with Gasteiger partial charge in [0.25, 0.3) is 0 Å². The molecule has 2 aliphatic heterocycles. The molecule has 0 fully saturated rings. The third-order valence-corrected chi connectivity index (χ3v) is 13.3. The molecule has 0 bridgehead atoms. The van der Waals surface area contributed by atoms with Crippen LogP contribution in [0.15, 0.2) is 193 Å². The van der Waals surface area contributed by atoms with E-state index in [1.165, 1.54) is 113 Å². The predicted molar refractivity (Wildman–Crippen MR) is 251 cm³/mol. The molecule has 284 valence electrons. The lowest BCUT2D eigenvalue weighted by Gasteiger charge is -2.45. The number of benzene rings is 7. The minimum atomic E-state index is -0.391. The van der Waals surface area contributed by atoms with Gasteiger partial charge in [0.1, 0.15) is 0 Å². The Bertz CT molecular complexity index is 2830. The molecule has 59 heavy (non-hydrogen) atoms. The van der Waals surface area contributed by atoms with E-state index in [4.69, 9.17) is 0 Å². The number of nitrogens with one attached hydrogen (secondary N) is 1. The van der Waals surface area contributed by atoms with Crippen LogP contribution < -0.4 is 21.1 Å². The van der Waals surface area contributed by atoms with E-state index in [9.17, 15) is 0 Å². The summed E-state index contributed by atoms with van der Waals surface area (Å²) in [6, 6.07) is 61.2. The monoisotopic (exact) mass is 758 g/mol. The predicted octanol–water partition coefficient (Wildman–Crippen LogP) is 12.8. The smallest absolute Gasteiger partial charge is 0.198 e. The van der Waals surface area contributed by atoms with E-state index in [0.29, 0.717) is 0 Å². The highest BCUT2D eigenvalue weighted by molar-refractivity contribution is 6.73. The summed E-state index contributed by atoms with van der Waals surface area (Å²) in [6.07, 6.45) is 14.0. The molecule has 0 saturated carbocycles. The molecular weight excluding hydrogens is 711 g/mol. The van der Waals surface area contributed by atoms with Gasteiger partial charge in [0, 0.05) is 28.3 Å². The average molecular weight is 759 g/mol. The summed E-state index contributed by atoms with van der Waals surface area (Å²) in [5, 5.41) is 4.08. The minimum Gasteiger partial charge on any atom is -0.354 e. The zero-order valence-electron chi connectivity index (χ0n) is 33.7. The summed E-state index contributed by atoms with van der Waals surface area (Å²) in [4.78, 5) is 2.59.